The molecular weight excluding hydrogens is 260 g/mol. The monoisotopic (exact) mass is 275 g/mol. The number of hydrogen-bond acceptors (Lipinski definition) is 2. The molecule has 0 N–H and O–H groups in total. The van der Waals surface area contributed by atoms with Crippen molar-refractivity contribution in [2.75, 3.05) is 19.0 Å². The Bertz CT molecular complexity index is 416. The van der Waals surface area contributed by atoms with Gasteiger partial charge in [-0.25, -0.2) is 8.78 Å². The van der Waals surface area contributed by atoms with Gasteiger partial charge in [-0.05, 0) is 13.0 Å². The third kappa shape index (κ3) is 3.19. The summed E-state index contributed by atoms with van der Waals surface area (Å²) in [6.07, 6.45) is -0.0219. The standard InChI is InChI=1S/C13H16ClF2NO/c1-9-8-18-12(5-14)7-17(9)6-10-2-3-11(15)4-13(10)16/h2-4,9,12H,5-8H2,1H3. The summed E-state index contributed by atoms with van der Waals surface area (Å²) in [5, 5.41) is 0. The minimum Gasteiger partial charge on any atom is -0.374 e. The maximum atomic E-state index is 13.6. The second-order valence-electron chi connectivity index (χ2n) is 4.62. The fourth-order valence-corrected chi connectivity index (χ4v) is 2.24. The van der Waals surface area contributed by atoms with E-state index < -0.39 is 11.6 Å². The normalized spacial score (nSPS) is 25.3. The lowest BCUT2D eigenvalue weighted by molar-refractivity contribution is -0.0513. The first kappa shape index (κ1) is 13.7. The molecule has 0 aromatic heterocycles. The molecule has 0 bridgehead atoms. The van der Waals surface area contributed by atoms with Crippen LogP contribution in [-0.2, 0) is 11.3 Å². The van der Waals surface area contributed by atoms with Crippen molar-refractivity contribution >= 4 is 11.6 Å². The summed E-state index contributed by atoms with van der Waals surface area (Å²) >= 11 is 5.77. The number of hydrogen-bond donors (Lipinski definition) is 0. The van der Waals surface area contributed by atoms with Crippen LogP contribution in [0.2, 0.25) is 0 Å². The minimum absolute atomic E-state index is 0.0219. The number of morpholine rings is 1. The van der Waals surface area contributed by atoms with E-state index in [1.54, 1.807) is 0 Å². The second-order valence-corrected chi connectivity index (χ2v) is 4.93. The van der Waals surface area contributed by atoms with Crippen LogP contribution in [0.3, 0.4) is 0 Å². The van der Waals surface area contributed by atoms with Gasteiger partial charge < -0.3 is 4.74 Å². The third-order valence-electron chi connectivity index (χ3n) is 3.20. The maximum absolute atomic E-state index is 13.6. The molecule has 0 radical (unpaired) electrons. The summed E-state index contributed by atoms with van der Waals surface area (Å²) in [5.74, 6) is -0.629. The van der Waals surface area contributed by atoms with Gasteiger partial charge in [0, 0.05) is 36.6 Å². The highest BCUT2D eigenvalue weighted by Crippen LogP contribution is 2.18. The van der Waals surface area contributed by atoms with Gasteiger partial charge in [-0.1, -0.05) is 6.07 Å². The number of nitrogens with zero attached hydrogens (tertiary/aromatic N) is 1. The zero-order chi connectivity index (χ0) is 13.1. The first-order valence-electron chi connectivity index (χ1n) is 5.95. The Kier molecular flexibility index (Phi) is 4.54. The van der Waals surface area contributed by atoms with Crippen molar-refractivity contribution in [3.63, 3.8) is 0 Å². The highest BCUT2D eigenvalue weighted by atomic mass is 35.5. The van der Waals surface area contributed by atoms with Crippen molar-refractivity contribution in [2.45, 2.75) is 25.6 Å². The van der Waals surface area contributed by atoms with E-state index in [4.69, 9.17) is 16.3 Å². The Morgan fingerprint density at radius 3 is 2.89 bits per heavy atom. The molecule has 0 aliphatic carbocycles. The second kappa shape index (κ2) is 5.95. The van der Waals surface area contributed by atoms with Crippen LogP contribution in [0.25, 0.3) is 0 Å². The summed E-state index contributed by atoms with van der Waals surface area (Å²) in [4.78, 5) is 2.10. The maximum Gasteiger partial charge on any atom is 0.130 e. The van der Waals surface area contributed by atoms with Crippen molar-refractivity contribution in [2.24, 2.45) is 0 Å². The van der Waals surface area contributed by atoms with Gasteiger partial charge in [0.2, 0.25) is 0 Å². The molecule has 1 aromatic carbocycles. The van der Waals surface area contributed by atoms with Crippen LogP contribution in [0.4, 0.5) is 8.78 Å². The van der Waals surface area contributed by atoms with Gasteiger partial charge in [-0.15, -0.1) is 11.6 Å². The van der Waals surface area contributed by atoms with E-state index >= 15 is 0 Å². The predicted molar refractivity (Wildman–Crippen MR) is 66.7 cm³/mol. The fraction of sp³-hybridized carbons (Fsp3) is 0.538. The van der Waals surface area contributed by atoms with Crippen LogP contribution in [-0.4, -0.2) is 36.1 Å². The molecule has 18 heavy (non-hydrogen) atoms. The van der Waals surface area contributed by atoms with Gasteiger partial charge in [0.15, 0.2) is 0 Å². The lowest BCUT2D eigenvalue weighted by Gasteiger charge is -2.37. The minimum atomic E-state index is -0.551. The molecule has 2 rings (SSSR count). The van der Waals surface area contributed by atoms with Crippen LogP contribution in [0, 0.1) is 11.6 Å². The van der Waals surface area contributed by atoms with Gasteiger partial charge in [0.05, 0.1) is 12.7 Å². The Morgan fingerprint density at radius 1 is 1.44 bits per heavy atom. The summed E-state index contributed by atoms with van der Waals surface area (Å²) in [5.41, 5.74) is 0.499. The zero-order valence-electron chi connectivity index (χ0n) is 10.2. The molecule has 0 saturated carbocycles. The average molecular weight is 276 g/mol. The van der Waals surface area contributed by atoms with Gasteiger partial charge in [0.25, 0.3) is 0 Å². The number of benzene rings is 1. The van der Waals surface area contributed by atoms with E-state index in [-0.39, 0.29) is 12.1 Å². The lowest BCUT2D eigenvalue weighted by atomic mass is 10.1. The molecule has 2 nitrogen and oxygen atoms in total. The molecule has 0 amide bonds. The van der Waals surface area contributed by atoms with Crippen LogP contribution >= 0.6 is 11.6 Å². The summed E-state index contributed by atoms with van der Waals surface area (Å²) in [7, 11) is 0. The Morgan fingerprint density at radius 2 is 2.22 bits per heavy atom. The smallest absolute Gasteiger partial charge is 0.130 e. The molecule has 1 aliphatic rings. The van der Waals surface area contributed by atoms with E-state index in [1.807, 2.05) is 6.92 Å². The van der Waals surface area contributed by atoms with Gasteiger partial charge >= 0.3 is 0 Å². The largest absolute Gasteiger partial charge is 0.374 e. The Hall–Kier alpha value is -0.710. The van der Waals surface area contributed by atoms with E-state index in [2.05, 4.69) is 4.90 Å². The zero-order valence-corrected chi connectivity index (χ0v) is 11.0. The highest BCUT2D eigenvalue weighted by Gasteiger charge is 2.26. The quantitative estimate of drug-likeness (QED) is 0.787. The molecule has 0 spiro atoms. The van der Waals surface area contributed by atoms with E-state index in [1.165, 1.54) is 12.1 Å². The van der Waals surface area contributed by atoms with E-state index in [0.29, 0.717) is 31.1 Å². The SMILES string of the molecule is CC1COC(CCl)CN1Cc1ccc(F)cc1F. The van der Waals surface area contributed by atoms with Crippen LogP contribution in [0.5, 0.6) is 0 Å². The van der Waals surface area contributed by atoms with Gasteiger partial charge in [0.1, 0.15) is 11.6 Å². The van der Waals surface area contributed by atoms with Crippen molar-refractivity contribution in [1.29, 1.82) is 0 Å². The van der Waals surface area contributed by atoms with Crippen molar-refractivity contribution < 1.29 is 13.5 Å². The fourth-order valence-electron chi connectivity index (χ4n) is 2.06. The third-order valence-corrected chi connectivity index (χ3v) is 3.54. The molecular formula is C13H16ClF2NO. The van der Waals surface area contributed by atoms with Crippen LogP contribution in [0.1, 0.15) is 12.5 Å². The number of halogens is 3. The topological polar surface area (TPSA) is 12.5 Å². The Balaban J connectivity index is 2.07. The molecule has 1 fully saturated rings. The predicted octanol–water partition coefficient (Wildman–Crippen LogP) is 2.79. The molecule has 2 unspecified atom stereocenters. The van der Waals surface area contributed by atoms with Gasteiger partial charge in [-0.3, -0.25) is 4.90 Å². The molecule has 100 valence electrons. The molecule has 2 atom stereocenters. The number of rotatable bonds is 3. The molecule has 1 heterocycles. The molecule has 1 aromatic rings. The molecule has 1 aliphatic heterocycles. The van der Waals surface area contributed by atoms with E-state index in [9.17, 15) is 8.78 Å². The van der Waals surface area contributed by atoms with Crippen molar-refractivity contribution in [3.8, 4) is 0 Å². The molecule has 1 saturated heterocycles. The van der Waals surface area contributed by atoms with E-state index in [0.717, 1.165) is 6.07 Å². The summed E-state index contributed by atoms with van der Waals surface area (Å²) in [6.45, 7) is 3.72. The first-order valence-corrected chi connectivity index (χ1v) is 6.49. The Labute approximate surface area is 110 Å². The average Bonchev–Trinajstić information content (AvgIpc) is 2.35. The number of ether oxygens (including phenoxy) is 1. The summed E-state index contributed by atoms with van der Waals surface area (Å²) in [6, 6.07) is 3.89. The van der Waals surface area contributed by atoms with Crippen molar-refractivity contribution in [1.82, 2.24) is 4.90 Å². The number of alkyl halides is 1. The van der Waals surface area contributed by atoms with Gasteiger partial charge in [-0.2, -0.15) is 0 Å². The van der Waals surface area contributed by atoms with Crippen molar-refractivity contribution in [3.05, 3.63) is 35.4 Å². The van der Waals surface area contributed by atoms with Crippen LogP contribution < -0.4 is 0 Å². The summed E-state index contributed by atoms with van der Waals surface area (Å²) < 4.78 is 31.9. The molecule has 5 heteroatoms. The van der Waals surface area contributed by atoms with Crippen LogP contribution in [0.15, 0.2) is 18.2 Å². The highest BCUT2D eigenvalue weighted by molar-refractivity contribution is 6.18. The lowest BCUT2D eigenvalue weighted by Crippen LogP contribution is -2.48. The first-order chi connectivity index (χ1) is 8.60.